The Labute approximate surface area is 111 Å². The summed E-state index contributed by atoms with van der Waals surface area (Å²) in [5.41, 5.74) is 7.61. The highest BCUT2D eigenvalue weighted by Crippen LogP contribution is 2.28. The number of methoxy groups -OCH3 is 1. The second-order valence-corrected chi connectivity index (χ2v) is 4.99. The van der Waals surface area contributed by atoms with E-state index < -0.39 is 0 Å². The second-order valence-electron chi connectivity index (χ2n) is 4.12. The van der Waals surface area contributed by atoms with E-state index in [1.54, 1.807) is 7.11 Å². The van der Waals surface area contributed by atoms with Crippen molar-refractivity contribution in [2.45, 2.75) is 12.5 Å². The van der Waals surface area contributed by atoms with Crippen molar-refractivity contribution < 1.29 is 4.74 Å². The Morgan fingerprint density at radius 2 is 2.35 bits per heavy atom. The number of nitrogens with zero attached hydrogens (tertiary/aromatic N) is 1. The highest BCUT2D eigenvalue weighted by atomic mass is 35.5. The van der Waals surface area contributed by atoms with Gasteiger partial charge in [-0.2, -0.15) is 0 Å². The fourth-order valence-electron chi connectivity index (χ4n) is 2.11. The molecule has 1 aliphatic heterocycles. The molecule has 1 heterocycles. The number of hydrogen-bond acceptors (Lipinski definition) is 3. The van der Waals surface area contributed by atoms with Crippen molar-refractivity contribution in [3.05, 3.63) is 28.8 Å². The molecule has 0 saturated carbocycles. The quantitative estimate of drug-likeness (QED) is 0.855. The van der Waals surface area contributed by atoms with Crippen LogP contribution in [0.25, 0.3) is 0 Å². The lowest BCUT2D eigenvalue weighted by molar-refractivity contribution is 0.121. The molecular weight excluding hydrogens is 256 g/mol. The van der Waals surface area contributed by atoms with Crippen molar-refractivity contribution in [3.8, 4) is 0 Å². The van der Waals surface area contributed by atoms with Crippen LogP contribution in [0.4, 0.5) is 5.69 Å². The average Bonchev–Trinajstić information content (AvgIpc) is 2.76. The normalized spacial score (nSPS) is 19.6. The number of thiocarbonyl (C=S) groups is 1. The van der Waals surface area contributed by atoms with Crippen LogP contribution in [0.15, 0.2) is 18.2 Å². The largest absolute Gasteiger partial charge is 0.389 e. The zero-order chi connectivity index (χ0) is 12.4. The van der Waals surface area contributed by atoms with E-state index in [0.29, 0.717) is 10.0 Å². The smallest absolute Gasteiger partial charge is 0.106 e. The number of anilines is 1. The Morgan fingerprint density at radius 1 is 1.59 bits per heavy atom. The minimum absolute atomic E-state index is 0.271. The molecule has 0 spiro atoms. The molecule has 0 amide bonds. The maximum atomic E-state index is 6.03. The number of rotatable bonds is 3. The third kappa shape index (κ3) is 2.70. The van der Waals surface area contributed by atoms with E-state index >= 15 is 0 Å². The summed E-state index contributed by atoms with van der Waals surface area (Å²) in [6, 6.07) is 5.59. The molecule has 1 saturated heterocycles. The molecule has 0 radical (unpaired) electrons. The number of hydrogen-bond donors (Lipinski definition) is 1. The summed E-state index contributed by atoms with van der Waals surface area (Å²) < 4.78 is 5.35. The minimum atomic E-state index is 0.271. The Balaban J connectivity index is 2.31. The molecule has 0 aliphatic carbocycles. The summed E-state index contributed by atoms with van der Waals surface area (Å²) in [6.45, 7) is 1.79. The van der Waals surface area contributed by atoms with Crippen LogP contribution in [0.5, 0.6) is 0 Å². The van der Waals surface area contributed by atoms with E-state index in [9.17, 15) is 0 Å². The summed E-state index contributed by atoms with van der Waals surface area (Å²) in [5, 5.41) is 0.695. The number of ether oxygens (including phenoxy) is 1. The molecule has 1 aliphatic rings. The van der Waals surface area contributed by atoms with Gasteiger partial charge in [-0.1, -0.05) is 23.8 Å². The predicted octanol–water partition coefficient (Wildman–Crippen LogP) is 2.20. The Bertz CT molecular complexity index is 439. The lowest BCUT2D eigenvalue weighted by atomic mass is 10.1. The van der Waals surface area contributed by atoms with Crippen LogP contribution >= 0.6 is 23.8 Å². The molecule has 2 N–H and O–H groups in total. The fourth-order valence-corrected chi connectivity index (χ4v) is 2.45. The van der Waals surface area contributed by atoms with Crippen molar-refractivity contribution in [1.82, 2.24) is 0 Å². The summed E-state index contributed by atoms with van der Waals surface area (Å²) in [5.74, 6) is 0. The monoisotopic (exact) mass is 270 g/mol. The van der Waals surface area contributed by atoms with Gasteiger partial charge in [0.1, 0.15) is 4.99 Å². The molecule has 1 aromatic rings. The summed E-state index contributed by atoms with van der Waals surface area (Å²) >= 11 is 11.1. The van der Waals surface area contributed by atoms with Crippen LogP contribution < -0.4 is 10.6 Å². The molecule has 1 fully saturated rings. The van der Waals surface area contributed by atoms with Gasteiger partial charge in [-0.3, -0.25) is 0 Å². The van der Waals surface area contributed by atoms with Gasteiger partial charge in [0, 0.05) is 36.5 Å². The van der Waals surface area contributed by atoms with E-state index in [4.69, 9.17) is 34.3 Å². The van der Waals surface area contributed by atoms with Crippen molar-refractivity contribution in [2.75, 3.05) is 25.1 Å². The van der Waals surface area contributed by atoms with Gasteiger partial charge < -0.3 is 15.4 Å². The second kappa shape index (κ2) is 5.21. The SMILES string of the molecule is COC1CCN(c2cc(Cl)ccc2C(N)=S)C1. The maximum Gasteiger partial charge on any atom is 0.106 e. The van der Waals surface area contributed by atoms with Gasteiger partial charge in [-0.05, 0) is 24.6 Å². The van der Waals surface area contributed by atoms with E-state index in [1.165, 1.54) is 0 Å². The molecule has 0 bridgehead atoms. The summed E-state index contributed by atoms with van der Waals surface area (Å²) in [7, 11) is 1.74. The van der Waals surface area contributed by atoms with Gasteiger partial charge in [0.05, 0.1) is 6.10 Å². The van der Waals surface area contributed by atoms with Crippen LogP contribution in [0.3, 0.4) is 0 Å². The first-order valence-corrected chi connectivity index (χ1v) is 6.27. The summed E-state index contributed by atoms with van der Waals surface area (Å²) in [4.78, 5) is 2.62. The van der Waals surface area contributed by atoms with Crippen molar-refractivity contribution >= 4 is 34.5 Å². The average molecular weight is 271 g/mol. The van der Waals surface area contributed by atoms with Gasteiger partial charge >= 0.3 is 0 Å². The molecule has 92 valence electrons. The topological polar surface area (TPSA) is 38.5 Å². The molecule has 17 heavy (non-hydrogen) atoms. The van der Waals surface area contributed by atoms with Crippen LogP contribution in [-0.2, 0) is 4.74 Å². The highest BCUT2D eigenvalue weighted by molar-refractivity contribution is 7.80. The number of halogens is 1. The van der Waals surface area contributed by atoms with Gasteiger partial charge in [-0.25, -0.2) is 0 Å². The Morgan fingerprint density at radius 3 is 2.94 bits per heavy atom. The third-order valence-electron chi connectivity index (χ3n) is 3.04. The molecule has 1 aromatic carbocycles. The first kappa shape index (κ1) is 12.6. The lowest BCUT2D eigenvalue weighted by Gasteiger charge is -2.21. The zero-order valence-electron chi connectivity index (χ0n) is 9.65. The van der Waals surface area contributed by atoms with E-state index in [2.05, 4.69) is 4.90 Å². The minimum Gasteiger partial charge on any atom is -0.389 e. The molecule has 5 heteroatoms. The van der Waals surface area contributed by atoms with Gasteiger partial charge in [0.15, 0.2) is 0 Å². The van der Waals surface area contributed by atoms with Gasteiger partial charge in [0.25, 0.3) is 0 Å². The molecule has 1 atom stereocenters. The van der Waals surface area contributed by atoms with Crippen LogP contribution in [0.2, 0.25) is 5.02 Å². The van der Waals surface area contributed by atoms with Crippen LogP contribution in [-0.4, -0.2) is 31.3 Å². The molecule has 0 aromatic heterocycles. The molecule has 3 nitrogen and oxygen atoms in total. The zero-order valence-corrected chi connectivity index (χ0v) is 11.2. The van der Waals surface area contributed by atoms with E-state index in [0.717, 1.165) is 30.8 Å². The van der Waals surface area contributed by atoms with Crippen molar-refractivity contribution in [2.24, 2.45) is 5.73 Å². The molecular formula is C12H15ClN2OS. The molecule has 2 rings (SSSR count). The van der Waals surface area contributed by atoms with E-state index in [-0.39, 0.29) is 6.10 Å². The third-order valence-corrected chi connectivity index (χ3v) is 3.50. The number of nitrogens with two attached hydrogens (primary N) is 1. The lowest BCUT2D eigenvalue weighted by Crippen LogP contribution is -2.25. The first-order valence-electron chi connectivity index (χ1n) is 5.49. The number of benzene rings is 1. The van der Waals surface area contributed by atoms with Gasteiger partial charge in [0.2, 0.25) is 0 Å². The van der Waals surface area contributed by atoms with E-state index in [1.807, 2.05) is 18.2 Å². The first-order chi connectivity index (χ1) is 8.11. The van der Waals surface area contributed by atoms with Crippen molar-refractivity contribution in [1.29, 1.82) is 0 Å². The highest BCUT2D eigenvalue weighted by Gasteiger charge is 2.24. The van der Waals surface area contributed by atoms with Crippen LogP contribution in [0, 0.1) is 0 Å². The Hall–Kier alpha value is -0.840. The maximum absolute atomic E-state index is 6.03. The summed E-state index contributed by atoms with van der Waals surface area (Å²) in [6.07, 6.45) is 1.29. The predicted molar refractivity (Wildman–Crippen MR) is 75.0 cm³/mol. The molecule has 1 unspecified atom stereocenters. The van der Waals surface area contributed by atoms with Crippen molar-refractivity contribution in [3.63, 3.8) is 0 Å². The standard InChI is InChI=1S/C12H15ClN2OS/c1-16-9-4-5-15(7-9)11-6-8(13)2-3-10(11)12(14)17/h2-3,6,9H,4-5,7H2,1H3,(H2,14,17). The van der Waals surface area contributed by atoms with Crippen LogP contribution in [0.1, 0.15) is 12.0 Å². The van der Waals surface area contributed by atoms with Gasteiger partial charge in [-0.15, -0.1) is 0 Å². The Kier molecular flexibility index (Phi) is 3.86. The fraction of sp³-hybridized carbons (Fsp3) is 0.417.